The van der Waals surface area contributed by atoms with Crippen molar-refractivity contribution in [1.29, 1.82) is 0 Å². The Labute approximate surface area is 81.9 Å². The van der Waals surface area contributed by atoms with Crippen molar-refractivity contribution in [1.82, 2.24) is 0 Å². The van der Waals surface area contributed by atoms with Crippen LogP contribution in [0.5, 0.6) is 0 Å². The van der Waals surface area contributed by atoms with Crippen LogP contribution in [0.1, 0.15) is 0 Å². The van der Waals surface area contributed by atoms with Gasteiger partial charge in [0.25, 0.3) is 0 Å². The molecule has 0 aromatic rings. The first kappa shape index (κ1) is 52.8. The summed E-state index contributed by atoms with van der Waals surface area (Å²) in [4.78, 5) is 0. The van der Waals surface area contributed by atoms with Crippen LogP contribution in [0.25, 0.3) is 0 Å². The SMILES string of the molecule is [CH3-].[Li+].[Li+].[Li+].[Li+]. The number of rotatable bonds is 0. The van der Waals surface area contributed by atoms with Gasteiger partial charge in [-0.05, 0) is 0 Å². The van der Waals surface area contributed by atoms with Gasteiger partial charge < -0.3 is 7.43 Å². The Hall–Kier alpha value is 2.39. The molecule has 0 aromatic carbocycles. The van der Waals surface area contributed by atoms with Crippen molar-refractivity contribution >= 4 is 0 Å². The molecule has 0 heterocycles. The zero-order chi connectivity index (χ0) is 0. The van der Waals surface area contributed by atoms with Gasteiger partial charge in [0.05, 0.1) is 0 Å². The van der Waals surface area contributed by atoms with Crippen LogP contribution in [0.15, 0.2) is 0 Å². The third-order valence-electron chi connectivity index (χ3n) is 0. The summed E-state index contributed by atoms with van der Waals surface area (Å²) in [6.07, 6.45) is 0. The molecule has 0 saturated carbocycles. The van der Waals surface area contributed by atoms with Gasteiger partial charge in [-0.1, -0.05) is 0 Å². The summed E-state index contributed by atoms with van der Waals surface area (Å²) >= 11 is 0. The molecule has 0 amide bonds. The third kappa shape index (κ3) is 21.6. The molecule has 0 aromatic heterocycles. The Bertz CT molecular complexity index is 3.61. The molecule has 0 unspecified atom stereocenters. The number of hydrogen-bond donors (Lipinski definition) is 0. The van der Waals surface area contributed by atoms with Crippen LogP contribution in [-0.4, -0.2) is 0 Å². The second kappa shape index (κ2) is 32.5. The first-order chi connectivity index (χ1) is 0. The van der Waals surface area contributed by atoms with E-state index in [1.54, 1.807) is 0 Å². The van der Waals surface area contributed by atoms with E-state index in [0.717, 1.165) is 0 Å². The molecule has 0 aliphatic heterocycles. The molecule has 0 fully saturated rings. The average molecular weight is 42.8 g/mol. The zero-order valence-corrected chi connectivity index (χ0v) is 5.00. The number of hydrogen-bond acceptors (Lipinski definition) is 0. The molecule has 0 aliphatic carbocycles. The van der Waals surface area contributed by atoms with Gasteiger partial charge >= 0.3 is 75.4 Å². The van der Waals surface area contributed by atoms with Crippen LogP contribution < -0.4 is 75.4 Å². The van der Waals surface area contributed by atoms with E-state index in [1.165, 1.54) is 0 Å². The van der Waals surface area contributed by atoms with Gasteiger partial charge in [-0.25, -0.2) is 0 Å². The van der Waals surface area contributed by atoms with E-state index in [4.69, 9.17) is 0 Å². The van der Waals surface area contributed by atoms with Crippen LogP contribution in [0.4, 0.5) is 0 Å². The molecular formula is CH3Li4+3. The molecule has 8 valence electrons. The second-order valence-corrected chi connectivity index (χ2v) is 0. The summed E-state index contributed by atoms with van der Waals surface area (Å²) in [6, 6.07) is 0. The van der Waals surface area contributed by atoms with Crippen molar-refractivity contribution < 1.29 is 75.4 Å². The van der Waals surface area contributed by atoms with Gasteiger partial charge in [-0.2, -0.15) is 0 Å². The zero-order valence-electron chi connectivity index (χ0n) is 5.00. The van der Waals surface area contributed by atoms with Gasteiger partial charge in [0.15, 0.2) is 0 Å². The van der Waals surface area contributed by atoms with E-state index in [-0.39, 0.29) is 82.9 Å². The topological polar surface area (TPSA) is 0 Å². The predicted octanol–water partition coefficient (Wildman–Crippen LogP) is -11.5. The Morgan fingerprint density at radius 2 is 0.400 bits per heavy atom. The average Bonchev–Trinajstić information content (AvgIpc) is 0. The first-order valence-corrected chi connectivity index (χ1v) is 0. The van der Waals surface area contributed by atoms with Gasteiger partial charge in [0, 0.05) is 0 Å². The van der Waals surface area contributed by atoms with E-state index in [2.05, 4.69) is 0 Å². The fourth-order valence-corrected chi connectivity index (χ4v) is 0. The molecular weight excluding hydrogens is 39.8 g/mol. The molecule has 0 radical (unpaired) electrons. The molecule has 0 saturated heterocycles. The smallest absolute Gasteiger partial charge is 0.358 e. The van der Waals surface area contributed by atoms with Gasteiger partial charge in [-0.3, -0.25) is 0 Å². The Morgan fingerprint density at radius 1 is 0.400 bits per heavy atom. The molecule has 0 bridgehead atoms. The molecule has 4 heteroatoms. The van der Waals surface area contributed by atoms with E-state index < -0.39 is 0 Å². The first-order valence-electron chi connectivity index (χ1n) is 0. The third-order valence-corrected chi connectivity index (χ3v) is 0. The molecule has 0 atom stereocenters. The van der Waals surface area contributed by atoms with Crippen LogP contribution in [0.3, 0.4) is 0 Å². The molecule has 0 aliphatic rings. The molecule has 0 N–H and O–H groups in total. The van der Waals surface area contributed by atoms with Crippen LogP contribution in [0, 0.1) is 7.43 Å². The minimum absolute atomic E-state index is 0. The van der Waals surface area contributed by atoms with Gasteiger partial charge in [0.2, 0.25) is 0 Å². The van der Waals surface area contributed by atoms with E-state index in [1.807, 2.05) is 0 Å². The standard InChI is InChI=1S/CH3.4Li/h1H3;;;;/q-1;4*+1. The van der Waals surface area contributed by atoms with Crippen molar-refractivity contribution in [3.8, 4) is 0 Å². The van der Waals surface area contributed by atoms with Crippen molar-refractivity contribution in [2.24, 2.45) is 0 Å². The predicted molar refractivity (Wildman–Crippen MR) is 6.41 cm³/mol. The largest absolute Gasteiger partial charge is 1.00 e. The summed E-state index contributed by atoms with van der Waals surface area (Å²) in [7, 11) is 0. The Kier molecular flexibility index (Phi) is 343. The van der Waals surface area contributed by atoms with Gasteiger partial charge in [-0.15, -0.1) is 0 Å². The second-order valence-electron chi connectivity index (χ2n) is 0. The van der Waals surface area contributed by atoms with Crippen molar-refractivity contribution in [2.75, 3.05) is 0 Å². The summed E-state index contributed by atoms with van der Waals surface area (Å²) in [6.45, 7) is 0. The van der Waals surface area contributed by atoms with E-state index in [9.17, 15) is 0 Å². The maximum atomic E-state index is 0. The molecule has 0 spiro atoms. The van der Waals surface area contributed by atoms with Gasteiger partial charge in [0.1, 0.15) is 0 Å². The molecule has 0 nitrogen and oxygen atoms in total. The van der Waals surface area contributed by atoms with Crippen LogP contribution >= 0.6 is 0 Å². The molecule has 0 rings (SSSR count). The fraction of sp³-hybridized carbons (Fsp3) is 0. The Balaban J connectivity index is 0. The monoisotopic (exact) mass is 43.1 g/mol. The fourth-order valence-electron chi connectivity index (χ4n) is 0. The summed E-state index contributed by atoms with van der Waals surface area (Å²) in [5, 5.41) is 0. The van der Waals surface area contributed by atoms with Crippen molar-refractivity contribution in [3.05, 3.63) is 7.43 Å². The minimum atomic E-state index is 0. The normalized spacial score (nSPS) is 0. The van der Waals surface area contributed by atoms with Crippen LogP contribution in [0.2, 0.25) is 0 Å². The van der Waals surface area contributed by atoms with E-state index in [0.29, 0.717) is 0 Å². The quantitative estimate of drug-likeness (QED) is 0.187. The molecule has 5 heavy (non-hydrogen) atoms. The maximum Gasteiger partial charge on any atom is 1.00 e. The Morgan fingerprint density at radius 3 is 0.400 bits per heavy atom. The summed E-state index contributed by atoms with van der Waals surface area (Å²) in [5.74, 6) is 0. The van der Waals surface area contributed by atoms with Crippen molar-refractivity contribution in [2.45, 2.75) is 0 Å². The van der Waals surface area contributed by atoms with Crippen molar-refractivity contribution in [3.63, 3.8) is 0 Å². The summed E-state index contributed by atoms with van der Waals surface area (Å²) in [5.41, 5.74) is 0. The maximum absolute atomic E-state index is 0. The van der Waals surface area contributed by atoms with E-state index >= 15 is 0 Å². The summed E-state index contributed by atoms with van der Waals surface area (Å²) < 4.78 is 0. The van der Waals surface area contributed by atoms with Crippen LogP contribution in [-0.2, 0) is 0 Å². The minimum Gasteiger partial charge on any atom is -0.358 e.